The summed E-state index contributed by atoms with van der Waals surface area (Å²) in [6.45, 7) is 4.42. The number of hydrogen-bond donors (Lipinski definition) is 3. The summed E-state index contributed by atoms with van der Waals surface area (Å²) in [5.41, 5.74) is 1.38. The van der Waals surface area contributed by atoms with Gasteiger partial charge < -0.3 is 29.9 Å². The average Bonchev–Trinajstić information content (AvgIpc) is 3.74. The molecule has 4 rings (SSSR count). The normalized spacial score (nSPS) is 18.2. The molecule has 0 bridgehead atoms. The first kappa shape index (κ1) is 35.1. The van der Waals surface area contributed by atoms with Gasteiger partial charge in [0.1, 0.15) is 6.04 Å². The number of likely N-dealkylation sites (tertiary alicyclic amines) is 1. The Morgan fingerprint density at radius 3 is 2.48 bits per heavy atom. The molecular formula is C35H51N5O6. The lowest BCUT2D eigenvalue weighted by Gasteiger charge is -2.34. The number of carbonyl (C=O) groups excluding carboxylic acids is 4. The number of amides is 3. The first-order valence-electron chi connectivity index (χ1n) is 16.8. The molecule has 2 heterocycles. The number of likely N-dealkylation sites (N-methyl/N-ethyl adjacent to an activating group) is 1. The van der Waals surface area contributed by atoms with E-state index in [0.29, 0.717) is 30.4 Å². The van der Waals surface area contributed by atoms with Crippen LogP contribution in [0.15, 0.2) is 42.9 Å². The summed E-state index contributed by atoms with van der Waals surface area (Å²) in [5, 5.41) is 14.4. The summed E-state index contributed by atoms with van der Waals surface area (Å²) in [6.07, 6.45) is 8.78. The van der Waals surface area contributed by atoms with Crippen molar-refractivity contribution in [3.05, 3.63) is 54.1 Å². The highest BCUT2D eigenvalue weighted by Crippen LogP contribution is 2.29. The second kappa shape index (κ2) is 17.3. The maximum absolute atomic E-state index is 14.2. The summed E-state index contributed by atoms with van der Waals surface area (Å²) in [5.74, 6) is -0.154. The van der Waals surface area contributed by atoms with Gasteiger partial charge in [0.25, 0.3) is 5.91 Å². The van der Waals surface area contributed by atoms with Gasteiger partial charge in [-0.25, -0.2) is 9.78 Å². The number of nitrogens with one attached hydrogen (secondary N) is 2. The second-order valence-electron chi connectivity index (χ2n) is 13.4. The molecule has 1 aromatic carbocycles. The van der Waals surface area contributed by atoms with E-state index in [1.54, 1.807) is 6.20 Å². The fraction of sp³-hybridized carbons (Fsp3) is 0.629. The maximum Gasteiger partial charge on any atom is 0.410 e. The highest BCUT2D eigenvalue weighted by molar-refractivity contribution is 5.91. The van der Waals surface area contributed by atoms with Crippen molar-refractivity contribution in [1.29, 1.82) is 0 Å². The van der Waals surface area contributed by atoms with Gasteiger partial charge in [0.05, 0.1) is 30.7 Å². The Bertz CT molecular complexity index is 1260. The predicted octanol–water partition coefficient (Wildman–Crippen LogP) is 4.05. The number of imidazole rings is 1. The lowest BCUT2D eigenvalue weighted by molar-refractivity contribution is -0.146. The minimum absolute atomic E-state index is 0.0490. The van der Waals surface area contributed by atoms with E-state index < -0.39 is 42.2 Å². The number of benzene rings is 1. The largest absolute Gasteiger partial charge is 0.436 e. The zero-order valence-electron chi connectivity index (χ0n) is 27.5. The number of aliphatic hydroxyl groups excluding tert-OH is 1. The molecule has 2 fully saturated rings. The van der Waals surface area contributed by atoms with Crippen LogP contribution in [0.4, 0.5) is 4.79 Å². The number of hydrogen-bond acceptors (Lipinski definition) is 7. The molecular weight excluding hydrogens is 586 g/mol. The van der Waals surface area contributed by atoms with Crippen molar-refractivity contribution in [1.82, 2.24) is 25.1 Å². The molecule has 2 aromatic rings. The topological polar surface area (TPSA) is 145 Å². The van der Waals surface area contributed by atoms with Crippen LogP contribution in [0.5, 0.6) is 0 Å². The molecule has 1 aliphatic carbocycles. The molecule has 1 aliphatic heterocycles. The zero-order chi connectivity index (χ0) is 33.1. The van der Waals surface area contributed by atoms with Gasteiger partial charge >= 0.3 is 6.09 Å². The molecule has 11 nitrogen and oxygen atoms in total. The van der Waals surface area contributed by atoms with Gasteiger partial charge in [-0.1, -0.05) is 76.3 Å². The number of rotatable bonds is 15. The van der Waals surface area contributed by atoms with Crippen molar-refractivity contribution in [2.45, 2.75) is 109 Å². The van der Waals surface area contributed by atoms with Crippen LogP contribution in [-0.4, -0.2) is 93.0 Å². The summed E-state index contributed by atoms with van der Waals surface area (Å²) < 4.78 is 5.76. The number of carbonyl (C=O) groups is 4. The van der Waals surface area contributed by atoms with Crippen LogP contribution in [-0.2, 0) is 32.0 Å². The number of nitrogens with zero attached hydrogens (tertiary/aromatic N) is 3. The molecule has 0 spiro atoms. The molecule has 46 heavy (non-hydrogen) atoms. The first-order chi connectivity index (χ1) is 22.1. The van der Waals surface area contributed by atoms with Gasteiger partial charge in [0, 0.05) is 39.1 Å². The zero-order valence-corrected chi connectivity index (χ0v) is 27.5. The average molecular weight is 638 g/mol. The molecule has 2 aliphatic rings. The minimum Gasteiger partial charge on any atom is -0.436 e. The van der Waals surface area contributed by atoms with Crippen LogP contribution in [0.3, 0.4) is 0 Å². The third-order valence-corrected chi connectivity index (χ3v) is 9.29. The minimum atomic E-state index is -1.22. The monoisotopic (exact) mass is 637 g/mol. The number of aromatic nitrogens is 2. The maximum atomic E-state index is 14.2. The molecule has 3 N–H and O–H groups in total. The Hall–Kier alpha value is -3.73. The lowest BCUT2D eigenvalue weighted by atomic mass is 9.83. The van der Waals surface area contributed by atoms with E-state index in [2.05, 4.69) is 29.1 Å². The van der Waals surface area contributed by atoms with Crippen LogP contribution in [0.1, 0.15) is 82.9 Å². The van der Waals surface area contributed by atoms with Gasteiger partial charge in [0.2, 0.25) is 5.91 Å². The first-order valence-corrected chi connectivity index (χ1v) is 16.8. The van der Waals surface area contributed by atoms with Crippen molar-refractivity contribution >= 4 is 23.7 Å². The van der Waals surface area contributed by atoms with E-state index >= 15 is 0 Å². The van der Waals surface area contributed by atoms with E-state index in [9.17, 15) is 24.3 Å². The van der Waals surface area contributed by atoms with E-state index in [4.69, 9.17) is 4.74 Å². The molecule has 3 unspecified atom stereocenters. The van der Waals surface area contributed by atoms with Crippen molar-refractivity contribution in [3.8, 4) is 0 Å². The quantitative estimate of drug-likeness (QED) is 0.267. The third-order valence-electron chi connectivity index (χ3n) is 9.29. The predicted molar refractivity (Wildman–Crippen MR) is 174 cm³/mol. The highest BCUT2D eigenvalue weighted by atomic mass is 16.6. The Labute approximate surface area is 272 Å². The number of ether oxygens (including phenoxy) is 1. The molecule has 11 heteroatoms. The Kier molecular flexibility index (Phi) is 13.2. The fourth-order valence-corrected chi connectivity index (χ4v) is 6.46. The second-order valence-corrected chi connectivity index (χ2v) is 13.4. The van der Waals surface area contributed by atoms with Gasteiger partial charge in [-0.05, 0) is 36.7 Å². The lowest BCUT2D eigenvalue weighted by Crippen LogP contribution is -2.56. The highest BCUT2D eigenvalue weighted by Gasteiger charge is 2.37. The Balaban J connectivity index is 1.56. The number of aromatic amines is 1. The van der Waals surface area contributed by atoms with E-state index in [0.717, 1.165) is 37.7 Å². The SMILES string of the molecule is CC(C)CCC(O)C(CC1CCCCC1)NC(=O)[C@H](Cc1c[nH]cn1)N(C)C(=O)C(Cc1ccccc1)OC(=O)N1CCC(=O)C1. The smallest absolute Gasteiger partial charge is 0.410 e. The van der Waals surface area contributed by atoms with Crippen molar-refractivity contribution in [3.63, 3.8) is 0 Å². The Morgan fingerprint density at radius 1 is 1.11 bits per heavy atom. The van der Waals surface area contributed by atoms with Gasteiger partial charge in [-0.15, -0.1) is 0 Å². The summed E-state index contributed by atoms with van der Waals surface area (Å²) in [7, 11) is 1.54. The van der Waals surface area contributed by atoms with Crippen LogP contribution < -0.4 is 5.32 Å². The summed E-state index contributed by atoms with van der Waals surface area (Å²) in [4.78, 5) is 63.1. The third kappa shape index (κ3) is 10.4. The van der Waals surface area contributed by atoms with Crippen LogP contribution >= 0.6 is 0 Å². The molecule has 3 amide bonds. The van der Waals surface area contributed by atoms with E-state index in [1.165, 1.54) is 29.6 Å². The fourth-order valence-electron chi connectivity index (χ4n) is 6.46. The van der Waals surface area contributed by atoms with Crippen molar-refractivity contribution in [2.75, 3.05) is 20.1 Å². The summed E-state index contributed by atoms with van der Waals surface area (Å²) in [6, 6.07) is 7.79. The van der Waals surface area contributed by atoms with E-state index in [-0.39, 0.29) is 38.1 Å². The van der Waals surface area contributed by atoms with Crippen LogP contribution in [0, 0.1) is 11.8 Å². The van der Waals surface area contributed by atoms with Gasteiger partial charge in [0.15, 0.2) is 11.9 Å². The van der Waals surface area contributed by atoms with Crippen molar-refractivity contribution < 1.29 is 29.0 Å². The molecule has 252 valence electrons. The molecule has 0 radical (unpaired) electrons. The van der Waals surface area contributed by atoms with E-state index in [1.807, 2.05) is 30.3 Å². The molecule has 1 aromatic heterocycles. The molecule has 1 saturated carbocycles. The number of Topliss-reactive ketones (excluding diaryl/α,β-unsaturated/α-hetero) is 1. The number of aliphatic hydroxyl groups is 1. The van der Waals surface area contributed by atoms with Gasteiger partial charge in [-0.3, -0.25) is 14.4 Å². The van der Waals surface area contributed by atoms with Crippen LogP contribution in [0.2, 0.25) is 0 Å². The Morgan fingerprint density at radius 2 is 1.85 bits per heavy atom. The standard InChI is InChI=1S/C35H51N5O6/c1-24(2)14-15-31(42)29(18-25-10-6-4-7-11-25)38-33(43)30(20-27-21-36-23-37-27)39(3)34(44)32(19-26-12-8-5-9-13-26)46-35(45)40-17-16-28(41)22-40/h5,8-9,12-13,21,23-25,29-32,42H,4,6-7,10-11,14-20,22H2,1-3H3,(H,36,37)(H,38,43)/t29?,30-,31?,32?/m0/s1. The van der Waals surface area contributed by atoms with Crippen LogP contribution in [0.25, 0.3) is 0 Å². The number of ketones is 1. The molecule has 1 saturated heterocycles. The number of H-pyrrole nitrogens is 1. The van der Waals surface area contributed by atoms with Crippen molar-refractivity contribution in [2.24, 2.45) is 11.8 Å². The molecule has 4 atom stereocenters. The summed E-state index contributed by atoms with van der Waals surface area (Å²) >= 11 is 0. The van der Waals surface area contributed by atoms with Gasteiger partial charge in [-0.2, -0.15) is 0 Å².